The van der Waals surface area contributed by atoms with Gasteiger partial charge in [-0.3, -0.25) is 4.79 Å². The van der Waals surface area contributed by atoms with Crippen molar-refractivity contribution < 1.29 is 0 Å². The second-order valence-electron chi connectivity index (χ2n) is 7.52. The van der Waals surface area contributed by atoms with Crippen LogP contribution in [0.4, 0.5) is 0 Å². The third-order valence-electron chi connectivity index (χ3n) is 5.81. The van der Waals surface area contributed by atoms with Gasteiger partial charge >= 0.3 is 0 Å². The van der Waals surface area contributed by atoms with Crippen LogP contribution in [-0.4, -0.2) is 24.6 Å². The van der Waals surface area contributed by atoms with Crippen molar-refractivity contribution in [2.45, 2.75) is 19.8 Å². The van der Waals surface area contributed by atoms with Gasteiger partial charge in [-0.2, -0.15) is 10.1 Å². The lowest BCUT2D eigenvalue weighted by Crippen LogP contribution is -2.19. The van der Waals surface area contributed by atoms with E-state index in [1.807, 2.05) is 36.4 Å². The molecule has 3 aromatic heterocycles. The molecule has 1 aliphatic carbocycles. The Morgan fingerprint density at radius 3 is 2.67 bits per heavy atom. The molecule has 7 heteroatoms. The molecule has 0 radical (unpaired) electrons. The summed E-state index contributed by atoms with van der Waals surface area (Å²) in [6, 6.07) is 15.9. The summed E-state index contributed by atoms with van der Waals surface area (Å²) in [5, 5.41) is 8.15. The first-order chi connectivity index (χ1) is 14.6. The molecule has 3 heterocycles. The number of halogens is 1. The van der Waals surface area contributed by atoms with Crippen molar-refractivity contribution >= 4 is 28.4 Å². The highest BCUT2D eigenvalue weighted by molar-refractivity contribution is 6.30. The van der Waals surface area contributed by atoms with E-state index in [0.29, 0.717) is 27.7 Å². The Morgan fingerprint density at radius 1 is 1.03 bits per heavy atom. The van der Waals surface area contributed by atoms with Crippen molar-refractivity contribution in [2.24, 2.45) is 0 Å². The van der Waals surface area contributed by atoms with Crippen molar-refractivity contribution in [3.63, 3.8) is 0 Å². The molecule has 0 saturated carbocycles. The molecule has 30 heavy (non-hydrogen) atoms. The number of H-pyrrole nitrogens is 1. The number of aromatic amines is 1. The normalized spacial score (nSPS) is 12.9. The van der Waals surface area contributed by atoms with Crippen molar-refractivity contribution in [3.8, 4) is 22.4 Å². The lowest BCUT2D eigenvalue weighted by molar-refractivity contribution is 0.930. The zero-order valence-corrected chi connectivity index (χ0v) is 16.9. The van der Waals surface area contributed by atoms with Crippen LogP contribution in [0.2, 0.25) is 5.02 Å². The van der Waals surface area contributed by atoms with Gasteiger partial charge in [-0.15, -0.1) is 0 Å². The second kappa shape index (κ2) is 6.24. The molecule has 1 N–H and O–H groups in total. The number of hydrogen-bond donors (Lipinski definition) is 1. The summed E-state index contributed by atoms with van der Waals surface area (Å²) >= 11 is 6.14. The zero-order chi connectivity index (χ0) is 20.4. The number of rotatable bonds is 1. The first kappa shape index (κ1) is 17.4. The molecule has 0 fully saturated rings. The van der Waals surface area contributed by atoms with Crippen LogP contribution >= 0.6 is 11.6 Å². The van der Waals surface area contributed by atoms with E-state index in [9.17, 15) is 4.79 Å². The number of nitrogens with zero attached hydrogens (tertiary/aromatic N) is 4. The fraction of sp³-hybridized carbons (Fsp3) is 0.130. The fourth-order valence-corrected chi connectivity index (χ4v) is 4.56. The highest BCUT2D eigenvalue weighted by Crippen LogP contribution is 2.40. The van der Waals surface area contributed by atoms with Gasteiger partial charge in [0.1, 0.15) is 5.82 Å². The summed E-state index contributed by atoms with van der Waals surface area (Å²) in [7, 11) is 0. The van der Waals surface area contributed by atoms with Gasteiger partial charge in [0.2, 0.25) is 5.78 Å². The third-order valence-corrected chi connectivity index (χ3v) is 6.06. The van der Waals surface area contributed by atoms with E-state index < -0.39 is 0 Å². The summed E-state index contributed by atoms with van der Waals surface area (Å²) in [4.78, 5) is 23.1. The Morgan fingerprint density at radius 2 is 1.83 bits per heavy atom. The first-order valence-electron chi connectivity index (χ1n) is 9.76. The topological polar surface area (TPSA) is 75.9 Å². The van der Waals surface area contributed by atoms with Crippen molar-refractivity contribution in [1.82, 2.24) is 24.6 Å². The summed E-state index contributed by atoms with van der Waals surface area (Å²) in [5.74, 6) is 0.957. The van der Waals surface area contributed by atoms with Crippen LogP contribution in [0, 0.1) is 6.92 Å². The van der Waals surface area contributed by atoms with Crippen LogP contribution < -0.4 is 5.56 Å². The van der Waals surface area contributed by atoms with Gasteiger partial charge in [0.25, 0.3) is 5.56 Å². The van der Waals surface area contributed by atoms with Gasteiger partial charge < -0.3 is 0 Å². The average Bonchev–Trinajstić information content (AvgIpc) is 3.14. The molecule has 0 spiro atoms. The van der Waals surface area contributed by atoms with Gasteiger partial charge in [0, 0.05) is 16.1 Å². The van der Waals surface area contributed by atoms with E-state index in [4.69, 9.17) is 16.6 Å². The molecule has 0 amide bonds. The predicted octanol–water partition coefficient (Wildman–Crippen LogP) is 4.36. The summed E-state index contributed by atoms with van der Waals surface area (Å²) < 4.78 is 1.51. The predicted molar refractivity (Wildman–Crippen MR) is 117 cm³/mol. The van der Waals surface area contributed by atoms with Crippen molar-refractivity contribution in [3.05, 3.63) is 80.9 Å². The SMILES string of the molecule is Cc1n[nH]c2nc3nc4c(c(-c5ccc(Cl)cc5)c3c(=O)n12)CCc1ccccc1-4. The van der Waals surface area contributed by atoms with Crippen molar-refractivity contribution in [1.29, 1.82) is 0 Å². The number of fused-ring (bicyclic) bond motifs is 5. The van der Waals surface area contributed by atoms with E-state index in [1.54, 1.807) is 6.92 Å². The Labute approximate surface area is 176 Å². The highest BCUT2D eigenvalue weighted by atomic mass is 35.5. The van der Waals surface area contributed by atoms with Crippen LogP contribution in [0.1, 0.15) is 17.0 Å². The molecule has 1 aliphatic rings. The molecule has 6 nitrogen and oxygen atoms in total. The smallest absolute Gasteiger partial charge is 0.268 e. The summed E-state index contributed by atoms with van der Waals surface area (Å²) in [6.07, 6.45) is 1.71. The number of benzene rings is 2. The Balaban J connectivity index is 1.83. The van der Waals surface area contributed by atoms with Gasteiger partial charge in [-0.25, -0.2) is 14.5 Å². The summed E-state index contributed by atoms with van der Waals surface area (Å²) in [6.45, 7) is 1.78. The van der Waals surface area contributed by atoms with Gasteiger partial charge in [-0.1, -0.05) is 48.0 Å². The number of hydrogen-bond acceptors (Lipinski definition) is 4. The van der Waals surface area contributed by atoms with E-state index in [0.717, 1.165) is 40.8 Å². The summed E-state index contributed by atoms with van der Waals surface area (Å²) in [5.41, 5.74) is 6.39. The van der Waals surface area contributed by atoms with Crippen LogP contribution in [0.25, 0.3) is 39.2 Å². The Bertz CT molecular complexity index is 1530. The molecule has 0 aliphatic heterocycles. The van der Waals surface area contributed by atoms with Crippen molar-refractivity contribution in [2.75, 3.05) is 0 Å². The minimum absolute atomic E-state index is 0.166. The quantitative estimate of drug-likeness (QED) is 0.443. The lowest BCUT2D eigenvalue weighted by Gasteiger charge is -2.23. The molecule has 0 unspecified atom stereocenters. The van der Waals surface area contributed by atoms with Crippen LogP contribution in [0.5, 0.6) is 0 Å². The van der Waals surface area contributed by atoms with Gasteiger partial charge in [0.15, 0.2) is 5.65 Å². The van der Waals surface area contributed by atoms with Gasteiger partial charge in [0.05, 0.1) is 11.1 Å². The van der Waals surface area contributed by atoms with Crippen LogP contribution in [0.15, 0.2) is 53.3 Å². The standard InChI is InChI=1S/C23H16ClN5O/c1-12-27-28-23-26-21-19(22(30)29(12)23)18(14-6-9-15(24)10-7-14)17-11-8-13-4-2-3-5-16(13)20(17)25-21/h2-7,9-10H,8,11H2,1H3,(H,25,26,28). The maximum absolute atomic E-state index is 13.6. The number of aryl methyl sites for hydroxylation is 2. The lowest BCUT2D eigenvalue weighted by atomic mass is 9.84. The number of nitrogens with one attached hydrogen (secondary N) is 1. The highest BCUT2D eigenvalue weighted by Gasteiger charge is 2.26. The molecule has 0 bridgehead atoms. The van der Waals surface area contributed by atoms with E-state index in [1.165, 1.54) is 9.96 Å². The third kappa shape index (κ3) is 2.37. The minimum Gasteiger partial charge on any atom is -0.268 e. The van der Waals surface area contributed by atoms with Crippen LogP contribution in [-0.2, 0) is 12.8 Å². The first-order valence-corrected chi connectivity index (χ1v) is 10.1. The number of aromatic nitrogens is 5. The Kier molecular flexibility index (Phi) is 3.61. The monoisotopic (exact) mass is 413 g/mol. The maximum atomic E-state index is 13.6. The molecule has 0 atom stereocenters. The van der Waals surface area contributed by atoms with E-state index >= 15 is 0 Å². The molecule has 5 aromatic rings. The molecule has 0 saturated heterocycles. The average molecular weight is 414 g/mol. The zero-order valence-electron chi connectivity index (χ0n) is 16.1. The molecule has 146 valence electrons. The minimum atomic E-state index is -0.166. The molecular formula is C23H16ClN5O. The number of pyridine rings is 1. The van der Waals surface area contributed by atoms with E-state index in [-0.39, 0.29) is 5.56 Å². The molecular weight excluding hydrogens is 398 g/mol. The largest absolute Gasteiger partial charge is 0.270 e. The Hall–Kier alpha value is -3.51. The molecule has 6 rings (SSSR count). The molecule has 2 aromatic carbocycles. The van der Waals surface area contributed by atoms with E-state index in [2.05, 4.69) is 27.3 Å². The van der Waals surface area contributed by atoms with Crippen LogP contribution in [0.3, 0.4) is 0 Å². The maximum Gasteiger partial charge on any atom is 0.270 e. The fourth-order valence-electron chi connectivity index (χ4n) is 4.44. The second-order valence-corrected chi connectivity index (χ2v) is 7.96. The van der Waals surface area contributed by atoms with Gasteiger partial charge in [-0.05, 0) is 48.6 Å².